The summed E-state index contributed by atoms with van der Waals surface area (Å²) in [6.45, 7) is 2.23. The number of aryl methyl sites for hydroxylation is 1. The first-order chi connectivity index (χ1) is 15.4. The van der Waals surface area contributed by atoms with E-state index in [4.69, 9.17) is 0 Å². The second-order valence-electron chi connectivity index (χ2n) is 7.62. The summed E-state index contributed by atoms with van der Waals surface area (Å²) in [7, 11) is -2.34. The number of benzene rings is 4. The Morgan fingerprint density at radius 2 is 1.50 bits per heavy atom. The summed E-state index contributed by atoms with van der Waals surface area (Å²) >= 11 is 0. The molecule has 0 fully saturated rings. The van der Waals surface area contributed by atoms with Crippen molar-refractivity contribution in [2.75, 3.05) is 11.4 Å². The van der Waals surface area contributed by atoms with Crippen molar-refractivity contribution in [2.24, 2.45) is 0 Å². The zero-order chi connectivity index (χ0) is 22.7. The van der Waals surface area contributed by atoms with Crippen LogP contribution in [-0.2, 0) is 16.6 Å². The molecule has 0 saturated heterocycles. The highest BCUT2D eigenvalue weighted by atomic mass is 32.2. The Hall–Kier alpha value is -3.64. The molecule has 5 nitrogen and oxygen atoms in total. The first kappa shape index (κ1) is 21.6. The zero-order valence-corrected chi connectivity index (χ0v) is 18.8. The van der Waals surface area contributed by atoms with Crippen molar-refractivity contribution in [1.29, 1.82) is 0 Å². The van der Waals surface area contributed by atoms with E-state index in [0.29, 0.717) is 17.8 Å². The van der Waals surface area contributed by atoms with E-state index in [-0.39, 0.29) is 10.8 Å². The fourth-order valence-electron chi connectivity index (χ4n) is 3.66. The van der Waals surface area contributed by atoms with Gasteiger partial charge in [0.05, 0.1) is 16.1 Å². The fraction of sp³-hybridized carbons (Fsp3) is 0.115. The summed E-state index contributed by atoms with van der Waals surface area (Å²) in [5, 5.41) is 5.11. The topological polar surface area (TPSA) is 66.5 Å². The Balaban J connectivity index is 1.60. The molecule has 0 aliphatic rings. The van der Waals surface area contributed by atoms with Crippen molar-refractivity contribution in [2.45, 2.75) is 18.4 Å². The largest absolute Gasteiger partial charge is 0.348 e. The number of carbonyl (C=O) groups excluding carboxylic acids is 1. The quantitative estimate of drug-likeness (QED) is 0.460. The second kappa shape index (κ2) is 8.85. The molecule has 0 radical (unpaired) electrons. The molecule has 0 aliphatic carbocycles. The van der Waals surface area contributed by atoms with Gasteiger partial charge < -0.3 is 5.32 Å². The SMILES string of the molecule is Cc1ccc(S(=O)(=O)N(C)c2ccccc2C(=O)NCc2cccc3ccccc23)cc1. The number of amides is 1. The van der Waals surface area contributed by atoms with Crippen LogP contribution in [0.2, 0.25) is 0 Å². The Labute approximate surface area is 188 Å². The first-order valence-electron chi connectivity index (χ1n) is 10.3. The van der Waals surface area contributed by atoms with Crippen molar-refractivity contribution in [3.63, 3.8) is 0 Å². The van der Waals surface area contributed by atoms with Crippen LogP contribution in [0.5, 0.6) is 0 Å². The number of para-hydroxylation sites is 1. The summed E-state index contributed by atoms with van der Waals surface area (Å²) < 4.78 is 27.4. The van der Waals surface area contributed by atoms with Crippen LogP contribution in [-0.4, -0.2) is 21.4 Å². The number of fused-ring (bicyclic) bond motifs is 1. The number of rotatable bonds is 6. The van der Waals surface area contributed by atoms with Gasteiger partial charge in [-0.05, 0) is 47.5 Å². The molecule has 4 aromatic rings. The maximum absolute atomic E-state index is 13.1. The summed E-state index contributed by atoms with van der Waals surface area (Å²) in [4.78, 5) is 13.2. The van der Waals surface area contributed by atoms with E-state index >= 15 is 0 Å². The van der Waals surface area contributed by atoms with Crippen molar-refractivity contribution in [3.05, 3.63) is 108 Å². The molecule has 1 N–H and O–H groups in total. The molecule has 1 amide bonds. The predicted molar refractivity (Wildman–Crippen MR) is 128 cm³/mol. The van der Waals surface area contributed by atoms with Crippen LogP contribution in [0.1, 0.15) is 21.5 Å². The van der Waals surface area contributed by atoms with E-state index in [0.717, 1.165) is 26.2 Å². The number of carbonyl (C=O) groups is 1. The van der Waals surface area contributed by atoms with Crippen LogP contribution in [0.25, 0.3) is 10.8 Å². The molecule has 32 heavy (non-hydrogen) atoms. The number of nitrogens with zero attached hydrogens (tertiary/aromatic N) is 1. The van der Waals surface area contributed by atoms with E-state index < -0.39 is 10.0 Å². The molecule has 4 rings (SSSR count). The lowest BCUT2D eigenvalue weighted by Gasteiger charge is -2.22. The number of hydrogen-bond acceptors (Lipinski definition) is 3. The van der Waals surface area contributed by atoms with Gasteiger partial charge in [0.15, 0.2) is 0 Å². The van der Waals surface area contributed by atoms with Crippen molar-refractivity contribution >= 4 is 32.4 Å². The van der Waals surface area contributed by atoms with Gasteiger partial charge in [0, 0.05) is 13.6 Å². The Bertz CT molecular complexity index is 1370. The molecule has 162 valence electrons. The molecule has 0 atom stereocenters. The highest BCUT2D eigenvalue weighted by molar-refractivity contribution is 7.92. The van der Waals surface area contributed by atoms with E-state index in [1.54, 1.807) is 48.5 Å². The van der Waals surface area contributed by atoms with E-state index in [1.165, 1.54) is 7.05 Å². The third kappa shape index (κ3) is 4.22. The summed E-state index contributed by atoms with van der Waals surface area (Å²) in [6, 6.07) is 27.3. The number of sulfonamides is 1. The van der Waals surface area contributed by atoms with Gasteiger partial charge in [-0.15, -0.1) is 0 Å². The molecular formula is C26H24N2O3S. The van der Waals surface area contributed by atoms with Crippen molar-refractivity contribution in [3.8, 4) is 0 Å². The number of nitrogens with one attached hydrogen (secondary N) is 1. The monoisotopic (exact) mass is 444 g/mol. The molecule has 6 heteroatoms. The van der Waals surface area contributed by atoms with Gasteiger partial charge in [0.25, 0.3) is 15.9 Å². The molecule has 0 aliphatic heterocycles. The van der Waals surface area contributed by atoms with Gasteiger partial charge in [-0.1, -0.05) is 72.3 Å². The first-order valence-corrected chi connectivity index (χ1v) is 11.7. The average molecular weight is 445 g/mol. The Morgan fingerprint density at radius 3 is 2.28 bits per heavy atom. The molecule has 0 saturated carbocycles. The van der Waals surface area contributed by atoms with Crippen LogP contribution in [0, 0.1) is 6.92 Å². The Kier molecular flexibility index (Phi) is 5.97. The van der Waals surface area contributed by atoms with Crippen LogP contribution < -0.4 is 9.62 Å². The third-order valence-electron chi connectivity index (χ3n) is 5.49. The van der Waals surface area contributed by atoms with Gasteiger partial charge in [0.1, 0.15) is 0 Å². The van der Waals surface area contributed by atoms with Gasteiger partial charge >= 0.3 is 0 Å². The normalized spacial score (nSPS) is 11.3. The molecule has 0 spiro atoms. The summed E-state index contributed by atoms with van der Waals surface area (Å²) in [5.74, 6) is -0.334. The summed E-state index contributed by atoms with van der Waals surface area (Å²) in [5.41, 5.74) is 2.59. The maximum Gasteiger partial charge on any atom is 0.264 e. The van der Waals surface area contributed by atoms with E-state index in [9.17, 15) is 13.2 Å². The Morgan fingerprint density at radius 1 is 0.844 bits per heavy atom. The molecule has 0 heterocycles. The zero-order valence-electron chi connectivity index (χ0n) is 17.9. The van der Waals surface area contributed by atoms with Gasteiger partial charge in [-0.3, -0.25) is 9.10 Å². The molecule has 0 bridgehead atoms. The minimum Gasteiger partial charge on any atom is -0.348 e. The summed E-state index contributed by atoms with van der Waals surface area (Å²) in [6.07, 6.45) is 0. The molecular weight excluding hydrogens is 420 g/mol. The van der Waals surface area contributed by atoms with Crippen LogP contribution in [0.4, 0.5) is 5.69 Å². The van der Waals surface area contributed by atoms with Crippen LogP contribution in [0.3, 0.4) is 0 Å². The van der Waals surface area contributed by atoms with Crippen molar-refractivity contribution in [1.82, 2.24) is 5.32 Å². The molecule has 0 aromatic heterocycles. The molecule has 4 aromatic carbocycles. The minimum absolute atomic E-state index is 0.177. The second-order valence-corrected chi connectivity index (χ2v) is 9.59. The lowest BCUT2D eigenvalue weighted by molar-refractivity contribution is 0.0951. The standard InChI is InChI=1S/C26H24N2O3S/c1-19-14-16-22(17-15-19)32(30,31)28(2)25-13-6-5-12-24(25)26(29)27-18-21-10-7-9-20-8-3-4-11-23(20)21/h3-17H,18H2,1-2H3,(H,27,29). The van der Waals surface area contributed by atoms with Gasteiger partial charge in [-0.25, -0.2) is 8.42 Å². The average Bonchev–Trinajstić information content (AvgIpc) is 2.82. The predicted octanol–water partition coefficient (Wildman–Crippen LogP) is 4.90. The number of hydrogen-bond donors (Lipinski definition) is 1. The fourth-order valence-corrected chi connectivity index (χ4v) is 4.87. The van der Waals surface area contributed by atoms with Gasteiger partial charge in [0.2, 0.25) is 0 Å². The smallest absolute Gasteiger partial charge is 0.264 e. The van der Waals surface area contributed by atoms with Crippen LogP contribution in [0.15, 0.2) is 95.9 Å². The number of anilines is 1. The van der Waals surface area contributed by atoms with E-state index in [2.05, 4.69) is 5.32 Å². The highest BCUT2D eigenvalue weighted by Crippen LogP contribution is 2.26. The third-order valence-corrected chi connectivity index (χ3v) is 7.27. The minimum atomic E-state index is -3.81. The van der Waals surface area contributed by atoms with Gasteiger partial charge in [-0.2, -0.15) is 0 Å². The molecule has 0 unspecified atom stereocenters. The van der Waals surface area contributed by atoms with Crippen LogP contribution >= 0.6 is 0 Å². The lowest BCUT2D eigenvalue weighted by atomic mass is 10.0. The lowest BCUT2D eigenvalue weighted by Crippen LogP contribution is -2.30. The van der Waals surface area contributed by atoms with Crippen molar-refractivity contribution < 1.29 is 13.2 Å². The van der Waals surface area contributed by atoms with E-state index in [1.807, 2.05) is 49.4 Å². The highest BCUT2D eigenvalue weighted by Gasteiger charge is 2.25. The maximum atomic E-state index is 13.1.